The number of rotatable bonds is 4. The second-order valence-corrected chi connectivity index (χ2v) is 5.55. The number of nitrogens with one attached hydrogen (secondary N) is 1. The molecule has 0 saturated heterocycles. The van der Waals surface area contributed by atoms with E-state index in [1.807, 2.05) is 13.0 Å². The standard InChI is InChI=1S/C18H18N4O3/c1-4-22-15-9-8-12(10-14(15)20-21-22)17(23)19-13-7-5-6-11(2)16(13)18(24)25-3/h5-10H,4H2,1-3H3,(H,19,23). The summed E-state index contributed by atoms with van der Waals surface area (Å²) < 4.78 is 6.56. The third kappa shape index (κ3) is 3.08. The number of methoxy groups -OCH3 is 1. The Morgan fingerprint density at radius 3 is 2.76 bits per heavy atom. The molecule has 7 nitrogen and oxygen atoms in total. The first kappa shape index (κ1) is 16.6. The first-order valence-electron chi connectivity index (χ1n) is 7.87. The van der Waals surface area contributed by atoms with Crippen LogP contribution in [0.3, 0.4) is 0 Å². The summed E-state index contributed by atoms with van der Waals surface area (Å²) in [7, 11) is 1.31. The number of carbonyl (C=O) groups is 2. The molecule has 25 heavy (non-hydrogen) atoms. The number of fused-ring (bicyclic) bond motifs is 1. The highest BCUT2D eigenvalue weighted by Gasteiger charge is 2.17. The number of nitrogens with zero attached hydrogens (tertiary/aromatic N) is 3. The minimum atomic E-state index is -0.491. The Bertz CT molecular complexity index is 962. The molecule has 1 amide bonds. The van der Waals surface area contributed by atoms with Crippen LogP contribution in [0.2, 0.25) is 0 Å². The number of aryl methyl sites for hydroxylation is 2. The number of hydrogen-bond acceptors (Lipinski definition) is 5. The summed E-state index contributed by atoms with van der Waals surface area (Å²) in [6, 6.07) is 10.4. The molecule has 1 heterocycles. The summed E-state index contributed by atoms with van der Waals surface area (Å²) in [6.07, 6.45) is 0. The lowest BCUT2D eigenvalue weighted by molar-refractivity contribution is 0.0601. The quantitative estimate of drug-likeness (QED) is 0.739. The largest absolute Gasteiger partial charge is 0.465 e. The maximum absolute atomic E-state index is 12.6. The second kappa shape index (κ2) is 6.72. The zero-order chi connectivity index (χ0) is 18.0. The van der Waals surface area contributed by atoms with Gasteiger partial charge in [-0.3, -0.25) is 4.79 Å². The van der Waals surface area contributed by atoms with E-state index in [-0.39, 0.29) is 5.91 Å². The first-order valence-corrected chi connectivity index (χ1v) is 7.87. The lowest BCUT2D eigenvalue weighted by atomic mass is 10.1. The van der Waals surface area contributed by atoms with E-state index in [0.29, 0.717) is 28.9 Å². The fourth-order valence-electron chi connectivity index (χ4n) is 2.69. The highest BCUT2D eigenvalue weighted by molar-refractivity contribution is 6.09. The molecule has 0 aliphatic rings. The SMILES string of the molecule is CCn1nnc2cc(C(=O)Nc3cccc(C)c3C(=O)OC)ccc21. The number of benzene rings is 2. The predicted molar refractivity (Wildman–Crippen MR) is 93.7 cm³/mol. The second-order valence-electron chi connectivity index (χ2n) is 5.55. The zero-order valence-corrected chi connectivity index (χ0v) is 14.2. The maximum atomic E-state index is 12.6. The van der Waals surface area contributed by atoms with Crippen molar-refractivity contribution in [1.82, 2.24) is 15.0 Å². The molecule has 0 aliphatic heterocycles. The van der Waals surface area contributed by atoms with E-state index in [9.17, 15) is 9.59 Å². The molecular weight excluding hydrogens is 320 g/mol. The van der Waals surface area contributed by atoms with Crippen LogP contribution in [0.4, 0.5) is 5.69 Å². The summed E-state index contributed by atoms with van der Waals surface area (Å²) in [6.45, 7) is 4.46. The number of hydrogen-bond donors (Lipinski definition) is 1. The summed E-state index contributed by atoms with van der Waals surface area (Å²) in [5, 5.41) is 10.9. The number of carbonyl (C=O) groups excluding carboxylic acids is 2. The van der Waals surface area contributed by atoms with Crippen LogP contribution < -0.4 is 5.32 Å². The summed E-state index contributed by atoms with van der Waals surface area (Å²) >= 11 is 0. The summed E-state index contributed by atoms with van der Waals surface area (Å²) in [4.78, 5) is 24.6. The third-order valence-electron chi connectivity index (χ3n) is 3.99. The van der Waals surface area contributed by atoms with Gasteiger partial charge >= 0.3 is 5.97 Å². The van der Waals surface area contributed by atoms with Crippen LogP contribution in [0, 0.1) is 6.92 Å². The van der Waals surface area contributed by atoms with Gasteiger partial charge in [-0.05, 0) is 43.7 Å². The van der Waals surface area contributed by atoms with Gasteiger partial charge in [0.2, 0.25) is 0 Å². The third-order valence-corrected chi connectivity index (χ3v) is 3.99. The molecule has 0 fully saturated rings. The smallest absolute Gasteiger partial charge is 0.340 e. The van der Waals surface area contributed by atoms with Gasteiger partial charge in [-0.2, -0.15) is 0 Å². The topological polar surface area (TPSA) is 86.1 Å². The Kier molecular flexibility index (Phi) is 4.47. The number of aromatic nitrogens is 3. The van der Waals surface area contributed by atoms with Crippen LogP contribution in [0.15, 0.2) is 36.4 Å². The van der Waals surface area contributed by atoms with Crippen molar-refractivity contribution in [3.05, 3.63) is 53.1 Å². The van der Waals surface area contributed by atoms with Crippen LogP contribution in [0.5, 0.6) is 0 Å². The molecule has 7 heteroatoms. The molecule has 0 saturated carbocycles. The molecule has 1 aromatic heterocycles. The number of ether oxygens (including phenoxy) is 1. The van der Waals surface area contributed by atoms with Gasteiger partial charge in [0.25, 0.3) is 5.91 Å². The molecule has 2 aromatic carbocycles. The Hall–Kier alpha value is -3.22. The minimum Gasteiger partial charge on any atom is -0.465 e. The van der Waals surface area contributed by atoms with Crippen LogP contribution in [-0.4, -0.2) is 34.0 Å². The molecule has 0 unspecified atom stereocenters. The Labute approximate surface area is 144 Å². The van der Waals surface area contributed by atoms with Gasteiger partial charge in [-0.1, -0.05) is 17.3 Å². The van der Waals surface area contributed by atoms with E-state index in [2.05, 4.69) is 15.6 Å². The van der Waals surface area contributed by atoms with E-state index in [4.69, 9.17) is 4.74 Å². The maximum Gasteiger partial charge on any atom is 0.340 e. The molecule has 0 atom stereocenters. The molecule has 0 bridgehead atoms. The number of esters is 1. The van der Waals surface area contributed by atoms with Gasteiger partial charge in [0, 0.05) is 12.1 Å². The molecular formula is C18H18N4O3. The highest BCUT2D eigenvalue weighted by atomic mass is 16.5. The van der Waals surface area contributed by atoms with Gasteiger partial charge in [0.05, 0.1) is 23.9 Å². The molecule has 0 spiro atoms. The van der Waals surface area contributed by atoms with Crippen molar-refractivity contribution >= 4 is 28.6 Å². The average molecular weight is 338 g/mol. The van der Waals surface area contributed by atoms with Gasteiger partial charge in [-0.25, -0.2) is 9.48 Å². The van der Waals surface area contributed by atoms with Gasteiger partial charge in [0.1, 0.15) is 5.52 Å². The van der Waals surface area contributed by atoms with Crippen molar-refractivity contribution in [2.75, 3.05) is 12.4 Å². The molecule has 3 aromatic rings. The van der Waals surface area contributed by atoms with Crippen LogP contribution in [0.25, 0.3) is 11.0 Å². The predicted octanol–water partition coefficient (Wildman–Crippen LogP) is 2.80. The van der Waals surface area contributed by atoms with E-state index < -0.39 is 5.97 Å². The van der Waals surface area contributed by atoms with Crippen molar-refractivity contribution in [2.45, 2.75) is 20.4 Å². The van der Waals surface area contributed by atoms with Crippen molar-refractivity contribution in [1.29, 1.82) is 0 Å². The van der Waals surface area contributed by atoms with E-state index in [0.717, 1.165) is 11.1 Å². The Balaban J connectivity index is 1.93. The van der Waals surface area contributed by atoms with Gasteiger partial charge in [-0.15, -0.1) is 5.10 Å². The highest BCUT2D eigenvalue weighted by Crippen LogP contribution is 2.22. The summed E-state index contributed by atoms with van der Waals surface area (Å²) in [5.41, 5.74) is 3.43. The molecule has 3 rings (SSSR count). The van der Waals surface area contributed by atoms with E-state index >= 15 is 0 Å². The van der Waals surface area contributed by atoms with Crippen LogP contribution in [0.1, 0.15) is 33.2 Å². The fourth-order valence-corrected chi connectivity index (χ4v) is 2.69. The first-order chi connectivity index (χ1) is 12.0. The van der Waals surface area contributed by atoms with E-state index in [1.54, 1.807) is 41.9 Å². The van der Waals surface area contributed by atoms with Gasteiger partial charge in [0.15, 0.2) is 0 Å². The van der Waals surface area contributed by atoms with Crippen LogP contribution >= 0.6 is 0 Å². The van der Waals surface area contributed by atoms with Crippen molar-refractivity contribution < 1.29 is 14.3 Å². The number of amides is 1. The average Bonchev–Trinajstić information content (AvgIpc) is 3.03. The summed E-state index contributed by atoms with van der Waals surface area (Å²) in [5.74, 6) is -0.821. The normalized spacial score (nSPS) is 10.7. The number of anilines is 1. The monoisotopic (exact) mass is 338 g/mol. The lowest BCUT2D eigenvalue weighted by Gasteiger charge is -2.12. The fraction of sp³-hybridized carbons (Fsp3) is 0.222. The Morgan fingerprint density at radius 2 is 2.04 bits per heavy atom. The molecule has 0 radical (unpaired) electrons. The van der Waals surface area contributed by atoms with Crippen molar-refractivity contribution in [3.63, 3.8) is 0 Å². The van der Waals surface area contributed by atoms with Gasteiger partial charge < -0.3 is 10.1 Å². The van der Waals surface area contributed by atoms with Crippen LogP contribution in [-0.2, 0) is 11.3 Å². The van der Waals surface area contributed by atoms with E-state index in [1.165, 1.54) is 7.11 Å². The molecule has 0 aliphatic carbocycles. The van der Waals surface area contributed by atoms with Crippen molar-refractivity contribution in [2.24, 2.45) is 0 Å². The Morgan fingerprint density at radius 1 is 1.24 bits per heavy atom. The zero-order valence-electron chi connectivity index (χ0n) is 14.2. The minimum absolute atomic E-state index is 0.330. The molecule has 128 valence electrons. The molecule has 1 N–H and O–H groups in total. The van der Waals surface area contributed by atoms with Crippen molar-refractivity contribution in [3.8, 4) is 0 Å². The lowest BCUT2D eigenvalue weighted by Crippen LogP contribution is -2.16.